The van der Waals surface area contributed by atoms with Crippen molar-refractivity contribution in [2.45, 2.75) is 44.4 Å². The molecule has 0 radical (unpaired) electrons. The number of halogens is 2. The van der Waals surface area contributed by atoms with Gasteiger partial charge in [0.1, 0.15) is 28.9 Å². The van der Waals surface area contributed by atoms with E-state index >= 15 is 0 Å². The minimum atomic E-state index is -1.16. The van der Waals surface area contributed by atoms with Crippen LogP contribution in [0.4, 0.5) is 14.5 Å². The third kappa shape index (κ3) is 4.79. The molecule has 1 saturated carbocycles. The Morgan fingerprint density at radius 1 is 1.13 bits per heavy atom. The number of methoxy groups -OCH3 is 1. The van der Waals surface area contributed by atoms with Crippen molar-refractivity contribution in [2.75, 3.05) is 25.5 Å². The van der Waals surface area contributed by atoms with Crippen molar-refractivity contribution in [1.82, 2.24) is 24.0 Å². The summed E-state index contributed by atoms with van der Waals surface area (Å²) in [5, 5.41) is 3.50. The molecule has 3 aliphatic rings. The number of nitrogens with zero attached hydrogens (tertiary/aromatic N) is 5. The number of carbonyl (C=O) groups is 2. The van der Waals surface area contributed by atoms with E-state index < -0.39 is 18.0 Å². The van der Waals surface area contributed by atoms with Crippen molar-refractivity contribution in [2.24, 2.45) is 18.7 Å². The summed E-state index contributed by atoms with van der Waals surface area (Å²) in [4.78, 5) is 36.8. The van der Waals surface area contributed by atoms with Gasteiger partial charge >= 0.3 is 0 Å². The number of alkyl halides is 1. The summed E-state index contributed by atoms with van der Waals surface area (Å²) in [6.07, 6.45) is 1.46. The first-order valence-electron chi connectivity index (χ1n) is 15.5. The maximum atomic E-state index is 14.9. The van der Waals surface area contributed by atoms with Crippen LogP contribution in [0.1, 0.15) is 35.2 Å². The third-order valence-electron chi connectivity index (χ3n) is 9.31. The zero-order valence-corrected chi connectivity index (χ0v) is 25.5. The first-order chi connectivity index (χ1) is 22.2. The molecule has 10 nitrogen and oxygen atoms in total. The first kappa shape index (κ1) is 28.6. The SMILES string of the molecule is COc1cc(C(=O)N2C[C@H](N)C[C@@H](F)C2)cc2nc(-c3cc4ccc(-c5cc(F)c6c(c5)CC(=O)N6)nc4n3CC3CC3)n(C)c12. The van der Waals surface area contributed by atoms with E-state index in [1.807, 2.05) is 29.8 Å². The summed E-state index contributed by atoms with van der Waals surface area (Å²) >= 11 is 0. The molecule has 5 aromatic rings. The van der Waals surface area contributed by atoms with Crippen LogP contribution in [-0.2, 0) is 24.8 Å². The molecule has 2 aromatic carbocycles. The lowest BCUT2D eigenvalue weighted by Crippen LogP contribution is -2.50. The van der Waals surface area contributed by atoms with E-state index in [0.29, 0.717) is 45.4 Å². The van der Waals surface area contributed by atoms with Gasteiger partial charge < -0.3 is 29.8 Å². The van der Waals surface area contributed by atoms with Crippen LogP contribution in [0.3, 0.4) is 0 Å². The summed E-state index contributed by atoms with van der Waals surface area (Å²) in [6, 6.07) is 12.1. The normalized spacial score (nSPS) is 19.6. The number of aromatic nitrogens is 4. The number of carbonyl (C=O) groups excluding carboxylic acids is 2. The second-order valence-corrected chi connectivity index (χ2v) is 12.8. The molecular weight excluding hydrogens is 592 g/mol. The number of anilines is 1. The standard InChI is InChI=1S/C34H33F2N7O3/c1-41-31-26(9-21(11-28(31)46-2)34(45)42-15-22(35)13-23(37)16-42)39-33(41)27-10-18-5-6-25(38-32(18)43(27)14-17-3-4-17)19-7-20-12-29(44)40-30(20)24(36)8-19/h5-11,17,22-23H,3-4,12-16,37H2,1-2H3,(H,40,44)/t22-,23-/m1/s1. The number of nitrogens with two attached hydrogens (primary N) is 1. The Morgan fingerprint density at radius 2 is 1.96 bits per heavy atom. The molecule has 3 aromatic heterocycles. The minimum absolute atomic E-state index is 0.00369. The molecule has 2 amide bonds. The van der Waals surface area contributed by atoms with Crippen molar-refractivity contribution in [3.8, 4) is 28.5 Å². The van der Waals surface area contributed by atoms with Gasteiger partial charge in [-0.2, -0.15) is 0 Å². The predicted molar refractivity (Wildman–Crippen MR) is 170 cm³/mol. The number of likely N-dealkylation sites (tertiary alicyclic amines) is 1. The molecule has 0 spiro atoms. The molecule has 12 heteroatoms. The Balaban J connectivity index is 1.23. The van der Waals surface area contributed by atoms with E-state index in [0.717, 1.165) is 41.6 Å². The zero-order valence-electron chi connectivity index (χ0n) is 25.5. The maximum Gasteiger partial charge on any atom is 0.254 e. The van der Waals surface area contributed by atoms with Crippen LogP contribution in [0.25, 0.3) is 44.8 Å². The van der Waals surface area contributed by atoms with E-state index in [4.69, 9.17) is 20.4 Å². The molecule has 2 aliphatic heterocycles. The lowest BCUT2D eigenvalue weighted by molar-refractivity contribution is -0.115. The summed E-state index contributed by atoms with van der Waals surface area (Å²) in [5.74, 6) is 0.656. The molecule has 5 heterocycles. The van der Waals surface area contributed by atoms with E-state index in [1.54, 1.807) is 19.2 Å². The summed E-state index contributed by atoms with van der Waals surface area (Å²) in [6.45, 7) is 1.04. The number of hydrogen-bond donors (Lipinski definition) is 2. The number of nitrogens with one attached hydrogen (secondary N) is 1. The lowest BCUT2D eigenvalue weighted by Gasteiger charge is -2.33. The Hall–Kier alpha value is -4.84. The largest absolute Gasteiger partial charge is 0.494 e. The number of pyridine rings is 1. The van der Waals surface area contributed by atoms with Crippen LogP contribution in [-0.4, -0.2) is 68.2 Å². The number of benzene rings is 2. The molecule has 0 unspecified atom stereocenters. The van der Waals surface area contributed by atoms with E-state index in [2.05, 4.69) is 16.0 Å². The van der Waals surface area contributed by atoms with Gasteiger partial charge in [-0.1, -0.05) is 0 Å². The van der Waals surface area contributed by atoms with E-state index in [9.17, 15) is 18.4 Å². The summed E-state index contributed by atoms with van der Waals surface area (Å²) in [5.41, 5.74) is 11.4. The topological polar surface area (TPSA) is 120 Å². The number of amides is 2. The zero-order chi connectivity index (χ0) is 31.9. The fourth-order valence-corrected chi connectivity index (χ4v) is 6.91. The summed E-state index contributed by atoms with van der Waals surface area (Å²) < 4.78 is 39.1. The number of imidazole rings is 1. The number of rotatable bonds is 6. The number of aryl methyl sites for hydroxylation is 1. The number of hydrogen-bond acceptors (Lipinski definition) is 6. The average molecular weight is 626 g/mol. The molecule has 2 atom stereocenters. The molecule has 2 fully saturated rings. The van der Waals surface area contributed by atoms with E-state index in [1.165, 1.54) is 11.0 Å². The van der Waals surface area contributed by atoms with Crippen LogP contribution in [0, 0.1) is 11.7 Å². The van der Waals surface area contributed by atoms with Crippen LogP contribution < -0.4 is 15.8 Å². The van der Waals surface area contributed by atoms with Crippen LogP contribution in [0.5, 0.6) is 5.75 Å². The van der Waals surface area contributed by atoms with Crippen LogP contribution in [0.2, 0.25) is 0 Å². The second-order valence-electron chi connectivity index (χ2n) is 12.8. The van der Waals surface area contributed by atoms with Gasteiger partial charge in [0.05, 0.1) is 42.7 Å². The molecule has 1 saturated heterocycles. The summed E-state index contributed by atoms with van der Waals surface area (Å²) in [7, 11) is 3.46. The predicted octanol–water partition coefficient (Wildman–Crippen LogP) is 4.82. The van der Waals surface area contributed by atoms with Gasteiger partial charge in [0.15, 0.2) is 5.82 Å². The van der Waals surface area contributed by atoms with Crippen molar-refractivity contribution in [1.29, 1.82) is 0 Å². The first-order valence-corrected chi connectivity index (χ1v) is 15.5. The molecular formula is C34H33F2N7O3. The van der Waals surface area contributed by atoms with Crippen LogP contribution >= 0.6 is 0 Å². The van der Waals surface area contributed by atoms with Gasteiger partial charge in [0.2, 0.25) is 5.91 Å². The fraction of sp³-hybridized carbons (Fsp3) is 0.353. The Bertz CT molecular complexity index is 2070. The van der Waals surface area contributed by atoms with Gasteiger partial charge in [-0.05, 0) is 73.2 Å². The van der Waals surface area contributed by atoms with Gasteiger partial charge in [-0.25, -0.2) is 18.7 Å². The highest BCUT2D eigenvalue weighted by Crippen LogP contribution is 2.39. The Labute approximate surface area is 263 Å². The molecule has 46 heavy (non-hydrogen) atoms. The monoisotopic (exact) mass is 625 g/mol. The van der Waals surface area contributed by atoms with Crippen molar-refractivity contribution >= 4 is 39.6 Å². The Kier molecular flexibility index (Phi) is 6.61. The van der Waals surface area contributed by atoms with Crippen LogP contribution in [0.15, 0.2) is 42.5 Å². The molecule has 0 bridgehead atoms. The maximum absolute atomic E-state index is 14.9. The van der Waals surface area contributed by atoms with Gasteiger partial charge in [-0.15, -0.1) is 0 Å². The smallest absolute Gasteiger partial charge is 0.254 e. The third-order valence-corrected chi connectivity index (χ3v) is 9.31. The van der Waals surface area contributed by atoms with Crippen molar-refractivity contribution < 1.29 is 23.1 Å². The molecule has 8 rings (SSSR count). The van der Waals surface area contributed by atoms with Gasteiger partial charge in [-0.3, -0.25) is 9.59 Å². The molecule has 236 valence electrons. The quantitative estimate of drug-likeness (QED) is 0.279. The second kappa shape index (κ2) is 10.6. The Morgan fingerprint density at radius 3 is 2.72 bits per heavy atom. The van der Waals surface area contributed by atoms with Crippen molar-refractivity contribution in [3.63, 3.8) is 0 Å². The number of fused-ring (bicyclic) bond motifs is 3. The average Bonchev–Trinajstić information content (AvgIpc) is 3.53. The highest BCUT2D eigenvalue weighted by Gasteiger charge is 2.31. The fourth-order valence-electron chi connectivity index (χ4n) is 6.91. The molecule has 3 N–H and O–H groups in total. The highest BCUT2D eigenvalue weighted by molar-refractivity contribution is 6.01. The lowest BCUT2D eigenvalue weighted by atomic mass is 10.0. The van der Waals surface area contributed by atoms with Gasteiger partial charge in [0.25, 0.3) is 5.91 Å². The van der Waals surface area contributed by atoms with Gasteiger partial charge in [0, 0.05) is 42.7 Å². The molecule has 1 aliphatic carbocycles. The van der Waals surface area contributed by atoms with E-state index in [-0.39, 0.29) is 43.4 Å². The number of piperidine rings is 1. The highest BCUT2D eigenvalue weighted by atomic mass is 19.1. The number of ether oxygens (including phenoxy) is 1. The minimum Gasteiger partial charge on any atom is -0.494 e. The van der Waals surface area contributed by atoms with Crippen molar-refractivity contribution in [3.05, 3.63) is 59.4 Å².